The van der Waals surface area contributed by atoms with Gasteiger partial charge in [0.2, 0.25) is 0 Å². The average molecular weight is 242 g/mol. The Balaban J connectivity index is 2.40. The molecule has 0 unspecified atom stereocenters. The molecule has 0 amide bonds. The number of halogens is 1. The molecule has 2 aromatic heterocycles. The zero-order chi connectivity index (χ0) is 12.1. The molecule has 0 saturated carbocycles. The van der Waals surface area contributed by atoms with E-state index in [1.165, 1.54) is 0 Å². The molecule has 0 bridgehead atoms. The molecule has 3 heteroatoms. The van der Waals surface area contributed by atoms with Gasteiger partial charge in [0, 0.05) is 18.0 Å². The van der Waals surface area contributed by atoms with Crippen molar-refractivity contribution < 1.29 is 0 Å². The van der Waals surface area contributed by atoms with Crippen molar-refractivity contribution in [2.24, 2.45) is 0 Å². The topological polar surface area (TPSA) is 25.8 Å². The summed E-state index contributed by atoms with van der Waals surface area (Å²) >= 11 is 6.11. The van der Waals surface area contributed by atoms with Crippen LogP contribution in [0.3, 0.4) is 0 Å². The molecule has 2 nitrogen and oxygen atoms in total. The highest BCUT2D eigenvalue weighted by Gasteiger charge is 2.03. The summed E-state index contributed by atoms with van der Waals surface area (Å²) < 4.78 is 0. The molecule has 2 aromatic rings. The zero-order valence-electron chi connectivity index (χ0n) is 9.37. The van der Waals surface area contributed by atoms with Crippen molar-refractivity contribution in [1.29, 1.82) is 0 Å². The number of pyridine rings is 2. The van der Waals surface area contributed by atoms with Gasteiger partial charge in [0.1, 0.15) is 0 Å². The minimum atomic E-state index is 0.639. The first-order valence-electron chi connectivity index (χ1n) is 5.28. The SMILES string of the molecule is CCc1nccc(Cl)c1C#Cc1cc[c]nc1. The van der Waals surface area contributed by atoms with Crippen molar-refractivity contribution >= 4 is 11.6 Å². The van der Waals surface area contributed by atoms with Crippen LogP contribution in [0, 0.1) is 18.0 Å². The minimum Gasteiger partial charge on any atom is -0.260 e. The Hall–Kier alpha value is -1.85. The third-order valence-corrected chi connectivity index (χ3v) is 2.58. The van der Waals surface area contributed by atoms with E-state index in [4.69, 9.17) is 11.6 Å². The van der Waals surface area contributed by atoms with Crippen molar-refractivity contribution in [2.75, 3.05) is 0 Å². The van der Waals surface area contributed by atoms with Crippen LogP contribution >= 0.6 is 11.6 Å². The van der Waals surface area contributed by atoms with Crippen LogP contribution in [0.5, 0.6) is 0 Å². The lowest BCUT2D eigenvalue weighted by Crippen LogP contribution is -1.92. The van der Waals surface area contributed by atoms with Gasteiger partial charge in [-0.1, -0.05) is 30.4 Å². The average Bonchev–Trinajstić information content (AvgIpc) is 2.38. The van der Waals surface area contributed by atoms with E-state index in [-0.39, 0.29) is 0 Å². The monoisotopic (exact) mass is 241 g/mol. The summed E-state index contributed by atoms with van der Waals surface area (Å²) in [6, 6.07) is 5.34. The van der Waals surface area contributed by atoms with E-state index in [1.807, 2.05) is 13.0 Å². The van der Waals surface area contributed by atoms with Crippen molar-refractivity contribution in [3.63, 3.8) is 0 Å². The van der Waals surface area contributed by atoms with E-state index in [9.17, 15) is 0 Å². The number of nitrogens with zero attached hydrogens (tertiary/aromatic N) is 2. The Morgan fingerprint density at radius 1 is 1.35 bits per heavy atom. The van der Waals surface area contributed by atoms with Gasteiger partial charge >= 0.3 is 0 Å². The Bertz CT molecular complexity index is 568. The molecular weight excluding hydrogens is 232 g/mol. The van der Waals surface area contributed by atoms with E-state index in [0.29, 0.717) is 5.02 Å². The van der Waals surface area contributed by atoms with Crippen LogP contribution in [0.4, 0.5) is 0 Å². The number of hydrogen-bond acceptors (Lipinski definition) is 2. The molecule has 0 atom stereocenters. The second-order valence-corrected chi connectivity index (χ2v) is 3.80. The first-order valence-corrected chi connectivity index (χ1v) is 5.66. The van der Waals surface area contributed by atoms with E-state index in [1.54, 1.807) is 24.5 Å². The van der Waals surface area contributed by atoms with Crippen LogP contribution in [0.1, 0.15) is 23.7 Å². The molecule has 0 N–H and O–H groups in total. The fourth-order valence-corrected chi connectivity index (χ4v) is 1.62. The lowest BCUT2D eigenvalue weighted by Gasteiger charge is -2.01. The lowest BCUT2D eigenvalue weighted by molar-refractivity contribution is 1.03. The quantitative estimate of drug-likeness (QED) is 0.718. The Kier molecular flexibility index (Phi) is 3.74. The first-order chi connectivity index (χ1) is 8.31. The third kappa shape index (κ3) is 2.83. The first kappa shape index (κ1) is 11.6. The summed E-state index contributed by atoms with van der Waals surface area (Å²) in [5.41, 5.74) is 2.55. The summed E-state index contributed by atoms with van der Waals surface area (Å²) in [5, 5.41) is 0.639. The second-order valence-electron chi connectivity index (χ2n) is 3.39. The van der Waals surface area contributed by atoms with Crippen LogP contribution in [-0.4, -0.2) is 9.97 Å². The molecule has 0 aliphatic carbocycles. The fourth-order valence-electron chi connectivity index (χ4n) is 1.41. The molecule has 1 radical (unpaired) electrons. The number of aryl methyl sites for hydroxylation is 1. The standard InChI is InChI=1S/C14H10ClN2/c1-2-14-12(13(15)7-9-17-14)6-5-11-4-3-8-16-10-11/h3-4,7,9-10H,2H2,1H3. The van der Waals surface area contributed by atoms with E-state index in [2.05, 4.69) is 28.0 Å². The van der Waals surface area contributed by atoms with Gasteiger partial charge in [0.25, 0.3) is 0 Å². The predicted molar refractivity (Wildman–Crippen MR) is 67.7 cm³/mol. The third-order valence-electron chi connectivity index (χ3n) is 2.26. The Morgan fingerprint density at radius 2 is 2.24 bits per heavy atom. The molecule has 83 valence electrons. The molecule has 0 aromatic carbocycles. The molecule has 2 rings (SSSR count). The Morgan fingerprint density at radius 3 is 2.94 bits per heavy atom. The van der Waals surface area contributed by atoms with Crippen LogP contribution in [0.2, 0.25) is 5.02 Å². The van der Waals surface area contributed by atoms with Crippen LogP contribution in [0.15, 0.2) is 30.6 Å². The van der Waals surface area contributed by atoms with Gasteiger partial charge < -0.3 is 0 Å². The lowest BCUT2D eigenvalue weighted by atomic mass is 10.1. The summed E-state index contributed by atoms with van der Waals surface area (Å²) in [6.07, 6.45) is 6.89. The normalized spacial score (nSPS) is 9.53. The minimum absolute atomic E-state index is 0.639. The number of hydrogen-bond donors (Lipinski definition) is 0. The molecule has 2 heterocycles. The highest BCUT2D eigenvalue weighted by atomic mass is 35.5. The maximum absolute atomic E-state index is 6.11. The highest BCUT2D eigenvalue weighted by molar-refractivity contribution is 6.31. The summed E-state index contributed by atoms with van der Waals surface area (Å²) in [4.78, 5) is 8.15. The number of aromatic nitrogens is 2. The van der Waals surface area contributed by atoms with E-state index < -0.39 is 0 Å². The van der Waals surface area contributed by atoms with Gasteiger partial charge in [0.15, 0.2) is 0 Å². The Labute approximate surface area is 106 Å². The molecular formula is C14H10ClN2. The van der Waals surface area contributed by atoms with E-state index >= 15 is 0 Å². The van der Waals surface area contributed by atoms with Gasteiger partial charge in [-0.2, -0.15) is 0 Å². The maximum Gasteiger partial charge on any atom is 0.0887 e. The van der Waals surface area contributed by atoms with Crippen LogP contribution in [-0.2, 0) is 6.42 Å². The molecule has 0 aliphatic rings. The smallest absolute Gasteiger partial charge is 0.0887 e. The molecule has 17 heavy (non-hydrogen) atoms. The molecule has 0 saturated heterocycles. The molecule has 0 spiro atoms. The van der Waals surface area contributed by atoms with Crippen LogP contribution < -0.4 is 0 Å². The van der Waals surface area contributed by atoms with Crippen LogP contribution in [0.25, 0.3) is 0 Å². The van der Waals surface area contributed by atoms with Crippen molar-refractivity contribution in [1.82, 2.24) is 9.97 Å². The second kappa shape index (κ2) is 5.47. The fraction of sp³-hybridized carbons (Fsp3) is 0.143. The highest BCUT2D eigenvalue weighted by Crippen LogP contribution is 2.17. The van der Waals surface area contributed by atoms with Gasteiger partial charge in [-0.25, -0.2) is 0 Å². The molecule has 0 aliphatic heterocycles. The van der Waals surface area contributed by atoms with Gasteiger partial charge in [-0.15, -0.1) is 0 Å². The maximum atomic E-state index is 6.11. The summed E-state index contributed by atoms with van der Waals surface area (Å²) in [6.45, 7) is 2.03. The molecule has 0 fully saturated rings. The largest absolute Gasteiger partial charge is 0.260 e. The van der Waals surface area contributed by atoms with Gasteiger partial charge in [0.05, 0.1) is 22.5 Å². The predicted octanol–water partition coefficient (Wildman–Crippen LogP) is 2.89. The summed E-state index contributed by atoms with van der Waals surface area (Å²) in [5.74, 6) is 6.07. The van der Waals surface area contributed by atoms with Gasteiger partial charge in [-0.3, -0.25) is 9.97 Å². The van der Waals surface area contributed by atoms with Crippen molar-refractivity contribution in [3.05, 3.63) is 58.6 Å². The van der Waals surface area contributed by atoms with E-state index in [0.717, 1.165) is 23.2 Å². The number of rotatable bonds is 1. The van der Waals surface area contributed by atoms with Crippen molar-refractivity contribution in [2.45, 2.75) is 13.3 Å². The van der Waals surface area contributed by atoms with Gasteiger partial charge in [-0.05, 0) is 24.6 Å². The zero-order valence-corrected chi connectivity index (χ0v) is 10.1. The van der Waals surface area contributed by atoms with Crippen molar-refractivity contribution in [3.8, 4) is 11.8 Å². The summed E-state index contributed by atoms with van der Waals surface area (Å²) in [7, 11) is 0.